The minimum Gasteiger partial charge on any atom is -0.430 e. The molecule has 0 radical (unpaired) electrons. The lowest BCUT2D eigenvalue weighted by Crippen LogP contribution is -2.48. The van der Waals surface area contributed by atoms with Crippen molar-refractivity contribution in [2.75, 3.05) is 26.2 Å². The van der Waals surface area contributed by atoms with E-state index in [1.165, 1.54) is 18.4 Å². The van der Waals surface area contributed by atoms with Gasteiger partial charge >= 0.3 is 5.63 Å². The molecule has 0 aromatic carbocycles. The molecule has 7 nitrogen and oxygen atoms in total. The Hall–Kier alpha value is -2.41. The lowest BCUT2D eigenvalue weighted by molar-refractivity contribution is 0.0625. The molecule has 0 aliphatic carbocycles. The Balaban J connectivity index is 1.59. The molecule has 1 amide bonds. The van der Waals surface area contributed by atoms with Crippen LogP contribution in [-0.2, 0) is 6.54 Å². The maximum absolute atomic E-state index is 12.4. The largest absolute Gasteiger partial charge is 0.430 e. The predicted molar refractivity (Wildman–Crippen MR) is 82.1 cm³/mol. The quantitative estimate of drug-likeness (QED) is 0.846. The Labute approximate surface area is 133 Å². The Morgan fingerprint density at radius 3 is 2.52 bits per heavy atom. The number of rotatable bonds is 3. The monoisotopic (exact) mass is 317 g/mol. The van der Waals surface area contributed by atoms with Crippen LogP contribution in [0, 0.1) is 13.8 Å². The summed E-state index contributed by atoms with van der Waals surface area (Å²) in [7, 11) is 0. The summed E-state index contributed by atoms with van der Waals surface area (Å²) < 4.78 is 9.94. The van der Waals surface area contributed by atoms with Crippen molar-refractivity contribution in [1.29, 1.82) is 0 Å². The summed E-state index contributed by atoms with van der Waals surface area (Å²) in [5.74, 6) is 0.742. The van der Waals surface area contributed by atoms with Gasteiger partial charge in [-0.1, -0.05) is 5.16 Å². The van der Waals surface area contributed by atoms with E-state index in [9.17, 15) is 9.59 Å². The second kappa shape index (κ2) is 6.37. The van der Waals surface area contributed by atoms with Crippen LogP contribution in [0.4, 0.5) is 0 Å². The number of carbonyl (C=O) groups is 1. The fourth-order valence-corrected chi connectivity index (χ4v) is 2.72. The highest BCUT2D eigenvalue weighted by molar-refractivity contribution is 5.93. The van der Waals surface area contributed by atoms with E-state index in [2.05, 4.69) is 10.1 Å². The molecule has 1 aliphatic rings. The highest BCUT2D eigenvalue weighted by Gasteiger charge is 2.24. The summed E-state index contributed by atoms with van der Waals surface area (Å²) in [5.41, 5.74) is 1.99. The van der Waals surface area contributed by atoms with Crippen molar-refractivity contribution in [3.8, 4) is 0 Å². The number of carbonyl (C=O) groups excluding carboxylic acids is 1. The zero-order valence-electron chi connectivity index (χ0n) is 13.2. The molecular weight excluding hydrogens is 298 g/mol. The summed E-state index contributed by atoms with van der Waals surface area (Å²) in [6.45, 7) is 7.48. The van der Waals surface area contributed by atoms with Crippen LogP contribution in [0.2, 0.25) is 0 Å². The van der Waals surface area contributed by atoms with Crippen LogP contribution < -0.4 is 5.63 Å². The van der Waals surface area contributed by atoms with Crippen LogP contribution in [0.15, 0.2) is 32.1 Å². The second-order valence-electron chi connectivity index (χ2n) is 5.71. The van der Waals surface area contributed by atoms with Crippen molar-refractivity contribution >= 4 is 5.91 Å². The van der Waals surface area contributed by atoms with Gasteiger partial charge in [-0.15, -0.1) is 0 Å². The molecule has 3 rings (SSSR count). The van der Waals surface area contributed by atoms with Crippen LogP contribution in [0.5, 0.6) is 0 Å². The minimum atomic E-state index is -0.453. The molecule has 1 fully saturated rings. The molecule has 0 unspecified atom stereocenters. The molecule has 2 aromatic rings. The maximum Gasteiger partial charge on any atom is 0.335 e. The Morgan fingerprint density at radius 2 is 1.96 bits per heavy atom. The molecule has 122 valence electrons. The van der Waals surface area contributed by atoms with Crippen LogP contribution in [-0.4, -0.2) is 47.0 Å². The van der Waals surface area contributed by atoms with Gasteiger partial charge in [-0.25, -0.2) is 4.79 Å². The van der Waals surface area contributed by atoms with Gasteiger partial charge < -0.3 is 13.8 Å². The van der Waals surface area contributed by atoms with Gasteiger partial charge in [-0.05, 0) is 19.9 Å². The van der Waals surface area contributed by atoms with Crippen molar-refractivity contribution < 1.29 is 13.7 Å². The van der Waals surface area contributed by atoms with Crippen LogP contribution in [0.25, 0.3) is 0 Å². The molecule has 1 saturated heterocycles. The number of amides is 1. The summed E-state index contributed by atoms with van der Waals surface area (Å²) in [6, 6.07) is 2.77. The van der Waals surface area contributed by atoms with Crippen LogP contribution in [0.1, 0.15) is 27.4 Å². The summed E-state index contributed by atoms with van der Waals surface area (Å²) in [4.78, 5) is 27.4. The second-order valence-corrected chi connectivity index (χ2v) is 5.71. The van der Waals surface area contributed by atoms with Gasteiger partial charge in [0.25, 0.3) is 5.91 Å². The normalized spacial score (nSPS) is 15.8. The molecule has 0 atom stereocenters. The van der Waals surface area contributed by atoms with Gasteiger partial charge in [0, 0.05) is 44.4 Å². The molecule has 0 bridgehead atoms. The molecule has 0 spiro atoms. The number of piperazine rings is 1. The fraction of sp³-hybridized carbons (Fsp3) is 0.438. The van der Waals surface area contributed by atoms with Crippen molar-refractivity contribution in [2.24, 2.45) is 0 Å². The summed E-state index contributed by atoms with van der Waals surface area (Å²) >= 11 is 0. The van der Waals surface area contributed by atoms with E-state index in [1.54, 1.807) is 4.90 Å². The first kappa shape index (κ1) is 15.5. The Kier molecular flexibility index (Phi) is 4.29. The van der Waals surface area contributed by atoms with Crippen LogP contribution >= 0.6 is 0 Å². The molecule has 0 N–H and O–H groups in total. The van der Waals surface area contributed by atoms with E-state index in [0.717, 1.165) is 36.7 Å². The number of hydrogen-bond donors (Lipinski definition) is 0. The maximum atomic E-state index is 12.4. The van der Waals surface area contributed by atoms with E-state index >= 15 is 0 Å². The molecule has 0 saturated carbocycles. The van der Waals surface area contributed by atoms with E-state index in [-0.39, 0.29) is 5.91 Å². The SMILES string of the molecule is Cc1noc(C)c1CN1CCN(C(=O)c2ccc(=O)oc2)CC1. The smallest absolute Gasteiger partial charge is 0.335 e. The molecule has 1 aliphatic heterocycles. The number of aromatic nitrogens is 1. The van der Waals surface area contributed by atoms with Gasteiger partial charge in [0.15, 0.2) is 0 Å². The standard InChI is InChI=1S/C16H19N3O4/c1-11-14(12(2)23-17-11)9-18-5-7-19(8-6-18)16(21)13-3-4-15(20)22-10-13/h3-4,10H,5-9H2,1-2H3. The first-order valence-corrected chi connectivity index (χ1v) is 7.57. The van der Waals surface area contributed by atoms with Gasteiger partial charge in [0.2, 0.25) is 0 Å². The summed E-state index contributed by atoms with van der Waals surface area (Å²) in [6.07, 6.45) is 1.22. The van der Waals surface area contributed by atoms with Crippen molar-refractivity contribution in [3.05, 3.63) is 51.4 Å². The Morgan fingerprint density at radius 1 is 1.22 bits per heavy atom. The third-order valence-corrected chi connectivity index (χ3v) is 4.17. The molecule has 3 heterocycles. The molecule has 23 heavy (non-hydrogen) atoms. The lowest BCUT2D eigenvalue weighted by Gasteiger charge is -2.34. The molecule has 7 heteroatoms. The highest BCUT2D eigenvalue weighted by atomic mass is 16.5. The lowest BCUT2D eigenvalue weighted by atomic mass is 10.1. The van der Waals surface area contributed by atoms with Crippen molar-refractivity contribution in [3.63, 3.8) is 0 Å². The zero-order chi connectivity index (χ0) is 16.4. The van der Waals surface area contributed by atoms with Gasteiger partial charge in [-0.2, -0.15) is 0 Å². The average Bonchev–Trinajstić information content (AvgIpc) is 2.87. The number of hydrogen-bond acceptors (Lipinski definition) is 6. The van der Waals surface area contributed by atoms with Crippen molar-refractivity contribution in [2.45, 2.75) is 20.4 Å². The predicted octanol–water partition coefficient (Wildman–Crippen LogP) is 1.20. The van der Waals surface area contributed by atoms with Gasteiger partial charge in [-0.3, -0.25) is 9.69 Å². The number of aryl methyl sites for hydroxylation is 2. The number of nitrogens with zero attached hydrogens (tertiary/aromatic N) is 3. The highest BCUT2D eigenvalue weighted by Crippen LogP contribution is 2.16. The van der Waals surface area contributed by atoms with Gasteiger partial charge in [0.1, 0.15) is 12.0 Å². The topological polar surface area (TPSA) is 79.8 Å². The summed E-state index contributed by atoms with van der Waals surface area (Å²) in [5, 5.41) is 3.97. The van der Waals surface area contributed by atoms with Crippen molar-refractivity contribution in [1.82, 2.24) is 15.0 Å². The van der Waals surface area contributed by atoms with E-state index in [4.69, 9.17) is 8.94 Å². The molecule has 2 aromatic heterocycles. The van der Waals surface area contributed by atoms with Gasteiger partial charge in [0.05, 0.1) is 11.3 Å². The third-order valence-electron chi connectivity index (χ3n) is 4.17. The average molecular weight is 317 g/mol. The van der Waals surface area contributed by atoms with E-state index in [1.807, 2.05) is 13.8 Å². The zero-order valence-corrected chi connectivity index (χ0v) is 13.2. The first-order valence-electron chi connectivity index (χ1n) is 7.57. The van der Waals surface area contributed by atoms with E-state index in [0.29, 0.717) is 18.7 Å². The van der Waals surface area contributed by atoms with E-state index < -0.39 is 5.63 Å². The first-order chi connectivity index (χ1) is 11.0. The molecular formula is C16H19N3O4. The fourth-order valence-electron chi connectivity index (χ4n) is 2.72. The minimum absolute atomic E-state index is 0.106. The van der Waals surface area contributed by atoms with Crippen LogP contribution in [0.3, 0.4) is 0 Å². The third kappa shape index (κ3) is 3.34. The Bertz CT molecular complexity index is 717.